The summed E-state index contributed by atoms with van der Waals surface area (Å²) >= 11 is 12.5. The molecule has 0 bridgehead atoms. The van der Waals surface area contributed by atoms with Gasteiger partial charge in [-0.1, -0.05) is 53.5 Å². The molecule has 0 unspecified atom stereocenters. The molecule has 0 saturated heterocycles. The Morgan fingerprint density at radius 2 is 1.63 bits per heavy atom. The lowest BCUT2D eigenvalue weighted by molar-refractivity contribution is -0.113. The van der Waals surface area contributed by atoms with Crippen LogP contribution in [0.5, 0.6) is 0 Å². The average molecular weight is 501 g/mol. The summed E-state index contributed by atoms with van der Waals surface area (Å²) in [6.07, 6.45) is 3.65. The maximum atomic E-state index is 13.6. The fourth-order valence-electron chi connectivity index (χ4n) is 4.01. The minimum atomic E-state index is -0.125. The highest BCUT2D eigenvalue weighted by molar-refractivity contribution is 6.35. The molecular formula is C29H22Cl2N2O2. The van der Waals surface area contributed by atoms with Crippen LogP contribution < -0.4 is 9.80 Å². The van der Waals surface area contributed by atoms with Crippen LogP contribution in [0, 0.1) is 0 Å². The molecule has 4 nitrogen and oxygen atoms in total. The van der Waals surface area contributed by atoms with E-state index in [1.54, 1.807) is 29.2 Å². The van der Waals surface area contributed by atoms with Crippen LogP contribution in [0.15, 0.2) is 101 Å². The SMILES string of the molecule is CN(C)c1ccc(N2C(=O)C(=Cc3ccc(-c4cc(Cl)ccc4Cl)o3)C=C2c2ccccc2)cc1. The van der Waals surface area contributed by atoms with Crippen molar-refractivity contribution >= 4 is 52.3 Å². The molecule has 0 radical (unpaired) electrons. The number of hydrogen-bond donors (Lipinski definition) is 0. The highest BCUT2D eigenvalue weighted by atomic mass is 35.5. The summed E-state index contributed by atoms with van der Waals surface area (Å²) in [5.74, 6) is 1.01. The third kappa shape index (κ3) is 4.63. The van der Waals surface area contributed by atoms with E-state index in [-0.39, 0.29) is 5.91 Å². The van der Waals surface area contributed by atoms with Crippen LogP contribution in [-0.4, -0.2) is 20.0 Å². The molecule has 0 N–H and O–H groups in total. The quantitative estimate of drug-likeness (QED) is 0.262. The maximum absolute atomic E-state index is 13.6. The van der Waals surface area contributed by atoms with Gasteiger partial charge in [-0.25, -0.2) is 0 Å². The second-order valence-corrected chi connectivity index (χ2v) is 9.22. The monoisotopic (exact) mass is 500 g/mol. The van der Waals surface area contributed by atoms with Crippen molar-refractivity contribution < 1.29 is 9.21 Å². The zero-order chi connectivity index (χ0) is 24.5. The zero-order valence-corrected chi connectivity index (χ0v) is 20.7. The van der Waals surface area contributed by atoms with E-state index in [0.29, 0.717) is 32.7 Å². The van der Waals surface area contributed by atoms with Gasteiger partial charge in [0.15, 0.2) is 0 Å². The van der Waals surface area contributed by atoms with E-state index < -0.39 is 0 Å². The van der Waals surface area contributed by atoms with Gasteiger partial charge >= 0.3 is 0 Å². The van der Waals surface area contributed by atoms with Crippen molar-refractivity contribution in [3.63, 3.8) is 0 Å². The van der Waals surface area contributed by atoms with Crippen LogP contribution in [0.4, 0.5) is 11.4 Å². The first kappa shape index (κ1) is 23.0. The predicted octanol–water partition coefficient (Wildman–Crippen LogP) is 7.79. The number of halogens is 2. The van der Waals surface area contributed by atoms with Gasteiger partial charge in [-0.3, -0.25) is 9.69 Å². The smallest absolute Gasteiger partial charge is 0.263 e. The van der Waals surface area contributed by atoms with E-state index in [2.05, 4.69) is 0 Å². The van der Waals surface area contributed by atoms with Gasteiger partial charge in [-0.15, -0.1) is 0 Å². The molecule has 3 aromatic carbocycles. The Kier molecular flexibility index (Phi) is 6.25. The van der Waals surface area contributed by atoms with E-state index in [9.17, 15) is 4.79 Å². The molecule has 1 aliphatic heterocycles. The molecule has 0 atom stereocenters. The van der Waals surface area contributed by atoms with Crippen molar-refractivity contribution in [2.75, 3.05) is 23.9 Å². The minimum Gasteiger partial charge on any atom is -0.457 e. The molecule has 1 amide bonds. The molecule has 0 spiro atoms. The Labute approximate surface area is 214 Å². The number of amides is 1. The van der Waals surface area contributed by atoms with Crippen molar-refractivity contribution in [2.24, 2.45) is 0 Å². The van der Waals surface area contributed by atoms with Gasteiger partial charge < -0.3 is 9.32 Å². The number of benzene rings is 3. The molecule has 1 aliphatic rings. The number of furan rings is 1. The number of carbonyl (C=O) groups is 1. The summed E-state index contributed by atoms with van der Waals surface area (Å²) < 4.78 is 6.01. The first-order valence-corrected chi connectivity index (χ1v) is 11.8. The number of nitrogens with zero attached hydrogens (tertiary/aromatic N) is 2. The van der Waals surface area contributed by atoms with Gasteiger partial charge in [0.1, 0.15) is 11.5 Å². The lowest BCUT2D eigenvalue weighted by Crippen LogP contribution is -2.25. The zero-order valence-electron chi connectivity index (χ0n) is 19.2. The lowest BCUT2D eigenvalue weighted by Gasteiger charge is -2.22. The first-order valence-electron chi connectivity index (χ1n) is 11.1. The summed E-state index contributed by atoms with van der Waals surface area (Å²) in [6.45, 7) is 0. The molecule has 1 aromatic heterocycles. The maximum Gasteiger partial charge on any atom is 0.263 e. The summed E-state index contributed by atoms with van der Waals surface area (Å²) in [4.78, 5) is 17.4. The normalized spacial score (nSPS) is 14.5. The van der Waals surface area contributed by atoms with E-state index in [1.165, 1.54) is 0 Å². The molecular weight excluding hydrogens is 479 g/mol. The third-order valence-corrected chi connectivity index (χ3v) is 6.36. The summed E-state index contributed by atoms with van der Waals surface area (Å²) in [7, 11) is 3.97. The standard InChI is InChI=1S/C29H22Cl2N2O2/c1-32(2)22-9-11-23(12-10-22)33-27(19-6-4-3-5-7-19)17-20(29(33)34)16-24-13-15-28(35-24)25-18-21(30)8-14-26(25)31/h3-18H,1-2H3. The molecule has 6 heteroatoms. The van der Waals surface area contributed by atoms with Gasteiger partial charge in [-0.05, 0) is 72.3 Å². The molecule has 5 rings (SSSR count). The van der Waals surface area contributed by atoms with Crippen LogP contribution in [0.1, 0.15) is 11.3 Å². The Morgan fingerprint density at radius 1 is 0.886 bits per heavy atom. The molecule has 35 heavy (non-hydrogen) atoms. The fraction of sp³-hybridized carbons (Fsp3) is 0.0690. The number of rotatable bonds is 5. The highest BCUT2D eigenvalue weighted by Gasteiger charge is 2.30. The molecule has 4 aromatic rings. The van der Waals surface area contributed by atoms with E-state index in [4.69, 9.17) is 27.6 Å². The number of anilines is 2. The second-order valence-electron chi connectivity index (χ2n) is 8.37. The van der Waals surface area contributed by atoms with Crippen LogP contribution in [0.25, 0.3) is 23.1 Å². The van der Waals surface area contributed by atoms with Crippen LogP contribution in [0.3, 0.4) is 0 Å². The Hall–Kier alpha value is -3.73. The summed E-state index contributed by atoms with van der Waals surface area (Å²) in [5, 5.41) is 1.11. The van der Waals surface area contributed by atoms with Crippen molar-refractivity contribution in [1.29, 1.82) is 0 Å². The lowest BCUT2D eigenvalue weighted by atomic mass is 10.1. The van der Waals surface area contributed by atoms with Crippen LogP contribution in [0.2, 0.25) is 10.0 Å². The molecule has 174 valence electrons. The number of carbonyl (C=O) groups excluding carboxylic acids is 1. The van der Waals surface area contributed by atoms with Gasteiger partial charge in [0.25, 0.3) is 5.91 Å². The topological polar surface area (TPSA) is 36.7 Å². The van der Waals surface area contributed by atoms with E-state index in [0.717, 1.165) is 22.6 Å². The summed E-state index contributed by atoms with van der Waals surface area (Å²) in [5.41, 5.74) is 4.84. The first-order chi connectivity index (χ1) is 16.9. The van der Waals surface area contributed by atoms with E-state index in [1.807, 2.05) is 91.8 Å². The Balaban J connectivity index is 1.53. The Morgan fingerprint density at radius 3 is 2.34 bits per heavy atom. The second kappa shape index (κ2) is 9.49. The predicted molar refractivity (Wildman–Crippen MR) is 145 cm³/mol. The van der Waals surface area contributed by atoms with Gasteiger partial charge in [0.05, 0.1) is 10.7 Å². The van der Waals surface area contributed by atoms with Gasteiger partial charge in [-0.2, -0.15) is 0 Å². The van der Waals surface area contributed by atoms with Crippen molar-refractivity contribution in [2.45, 2.75) is 0 Å². The van der Waals surface area contributed by atoms with E-state index >= 15 is 0 Å². The van der Waals surface area contributed by atoms with Crippen molar-refractivity contribution in [3.05, 3.63) is 118 Å². The van der Waals surface area contributed by atoms with Gasteiger partial charge in [0.2, 0.25) is 0 Å². The fourth-order valence-corrected chi connectivity index (χ4v) is 4.39. The molecule has 2 heterocycles. The molecule has 0 fully saturated rings. The van der Waals surface area contributed by atoms with Crippen LogP contribution in [-0.2, 0) is 4.79 Å². The molecule has 0 aliphatic carbocycles. The minimum absolute atomic E-state index is 0.125. The Bertz CT molecular complexity index is 1450. The average Bonchev–Trinajstić information content (AvgIpc) is 3.46. The van der Waals surface area contributed by atoms with Crippen molar-refractivity contribution in [1.82, 2.24) is 0 Å². The largest absolute Gasteiger partial charge is 0.457 e. The summed E-state index contributed by atoms with van der Waals surface area (Å²) in [6, 6.07) is 26.6. The molecule has 0 saturated carbocycles. The van der Waals surface area contributed by atoms with Crippen molar-refractivity contribution in [3.8, 4) is 11.3 Å². The van der Waals surface area contributed by atoms with Crippen LogP contribution >= 0.6 is 23.2 Å². The highest BCUT2D eigenvalue weighted by Crippen LogP contribution is 2.37. The van der Waals surface area contributed by atoms with Gasteiger partial charge in [0, 0.05) is 41.6 Å². The number of hydrogen-bond acceptors (Lipinski definition) is 3. The third-order valence-electron chi connectivity index (χ3n) is 5.80.